The van der Waals surface area contributed by atoms with Gasteiger partial charge in [0.05, 0.1) is 0 Å². The molecule has 1 aromatic rings. The van der Waals surface area contributed by atoms with E-state index in [-0.39, 0.29) is 17.5 Å². The van der Waals surface area contributed by atoms with Crippen molar-refractivity contribution < 1.29 is 9.90 Å². The number of hydrogen-bond donors (Lipinski definition) is 2. The number of rotatable bonds is 4. The van der Waals surface area contributed by atoms with Crippen molar-refractivity contribution in [1.82, 2.24) is 5.32 Å². The van der Waals surface area contributed by atoms with Crippen LogP contribution >= 0.6 is 11.6 Å². The van der Waals surface area contributed by atoms with Gasteiger partial charge in [0.2, 0.25) is 5.91 Å². The second-order valence-electron chi connectivity index (χ2n) is 2.90. The number of alkyl halides is 1. The molecule has 0 aromatic heterocycles. The van der Waals surface area contributed by atoms with Crippen LogP contribution in [0.1, 0.15) is 5.56 Å². The summed E-state index contributed by atoms with van der Waals surface area (Å²) in [7, 11) is 0. The summed E-state index contributed by atoms with van der Waals surface area (Å²) in [6.07, 6.45) is 0.691. The van der Waals surface area contributed by atoms with Crippen LogP contribution in [0.25, 0.3) is 0 Å². The Morgan fingerprint density at radius 2 is 2.29 bits per heavy atom. The Hall–Kier alpha value is -1.22. The van der Waals surface area contributed by atoms with Gasteiger partial charge >= 0.3 is 0 Å². The van der Waals surface area contributed by atoms with Gasteiger partial charge in [-0.05, 0) is 24.1 Å². The van der Waals surface area contributed by atoms with Crippen LogP contribution in [0.2, 0.25) is 0 Å². The van der Waals surface area contributed by atoms with Gasteiger partial charge in [-0.3, -0.25) is 4.79 Å². The van der Waals surface area contributed by atoms with E-state index in [0.29, 0.717) is 13.0 Å². The van der Waals surface area contributed by atoms with Gasteiger partial charge < -0.3 is 10.4 Å². The number of aromatic hydroxyl groups is 1. The van der Waals surface area contributed by atoms with Gasteiger partial charge in [-0.15, -0.1) is 11.6 Å². The summed E-state index contributed by atoms with van der Waals surface area (Å²) in [5.74, 6) is 0.0537. The van der Waals surface area contributed by atoms with Crippen molar-refractivity contribution in [2.75, 3.05) is 12.4 Å². The summed E-state index contributed by atoms with van der Waals surface area (Å²) < 4.78 is 0. The number of carbonyl (C=O) groups is 1. The normalized spacial score (nSPS) is 9.79. The highest BCUT2D eigenvalue weighted by atomic mass is 35.5. The van der Waals surface area contributed by atoms with Gasteiger partial charge in [0.1, 0.15) is 11.6 Å². The molecular formula is C10H12ClNO2. The molecule has 2 N–H and O–H groups in total. The lowest BCUT2D eigenvalue weighted by Gasteiger charge is -2.03. The molecule has 0 radical (unpaired) electrons. The molecule has 0 aliphatic heterocycles. The first kappa shape index (κ1) is 10.9. The Bertz CT molecular complexity index is 315. The van der Waals surface area contributed by atoms with Crippen molar-refractivity contribution in [3.63, 3.8) is 0 Å². The van der Waals surface area contributed by atoms with Gasteiger partial charge in [-0.2, -0.15) is 0 Å². The number of nitrogens with one attached hydrogen (secondary N) is 1. The van der Waals surface area contributed by atoms with E-state index in [1.165, 1.54) is 0 Å². The van der Waals surface area contributed by atoms with Crippen LogP contribution in [-0.2, 0) is 11.2 Å². The zero-order valence-corrected chi connectivity index (χ0v) is 8.42. The van der Waals surface area contributed by atoms with Gasteiger partial charge in [0, 0.05) is 6.54 Å². The van der Waals surface area contributed by atoms with E-state index in [1.54, 1.807) is 18.2 Å². The third-order valence-corrected chi connectivity index (χ3v) is 2.01. The average Bonchev–Trinajstić information content (AvgIpc) is 2.17. The number of hydrogen-bond acceptors (Lipinski definition) is 2. The van der Waals surface area contributed by atoms with E-state index in [0.717, 1.165) is 5.56 Å². The summed E-state index contributed by atoms with van der Waals surface area (Å²) in [6, 6.07) is 6.95. The standard InChI is InChI=1S/C10H12ClNO2/c11-7-10(14)12-5-4-8-2-1-3-9(13)6-8/h1-3,6,13H,4-5,7H2,(H,12,14). The van der Waals surface area contributed by atoms with Crippen LogP contribution in [0.5, 0.6) is 5.75 Å². The third kappa shape index (κ3) is 3.66. The minimum atomic E-state index is -0.174. The van der Waals surface area contributed by atoms with Crippen LogP contribution in [0, 0.1) is 0 Å². The maximum absolute atomic E-state index is 10.8. The maximum Gasteiger partial charge on any atom is 0.234 e. The number of benzene rings is 1. The van der Waals surface area contributed by atoms with Crippen LogP contribution in [-0.4, -0.2) is 23.4 Å². The Labute approximate surface area is 87.7 Å². The summed E-state index contributed by atoms with van der Waals surface area (Å²) in [5.41, 5.74) is 0.986. The van der Waals surface area contributed by atoms with Crippen LogP contribution in [0.15, 0.2) is 24.3 Å². The molecule has 0 fully saturated rings. The van der Waals surface area contributed by atoms with E-state index >= 15 is 0 Å². The highest BCUT2D eigenvalue weighted by Gasteiger charge is 1.98. The summed E-state index contributed by atoms with van der Waals surface area (Å²) in [6.45, 7) is 0.537. The molecule has 0 heterocycles. The lowest BCUT2D eigenvalue weighted by atomic mass is 10.1. The molecule has 0 saturated carbocycles. The predicted molar refractivity (Wildman–Crippen MR) is 55.5 cm³/mol. The smallest absolute Gasteiger partial charge is 0.234 e. The third-order valence-electron chi connectivity index (χ3n) is 1.77. The average molecular weight is 214 g/mol. The molecule has 76 valence electrons. The van der Waals surface area contributed by atoms with Crippen molar-refractivity contribution in [1.29, 1.82) is 0 Å². The molecule has 0 unspecified atom stereocenters. The minimum absolute atomic E-state index is 0.0138. The molecule has 0 bridgehead atoms. The SMILES string of the molecule is O=C(CCl)NCCc1cccc(O)c1. The molecule has 0 atom stereocenters. The minimum Gasteiger partial charge on any atom is -0.508 e. The Morgan fingerprint density at radius 1 is 1.50 bits per heavy atom. The molecule has 14 heavy (non-hydrogen) atoms. The molecule has 1 rings (SSSR count). The predicted octanol–water partition coefficient (Wildman–Crippen LogP) is 1.29. The maximum atomic E-state index is 10.8. The van der Waals surface area contributed by atoms with Gasteiger partial charge in [-0.1, -0.05) is 12.1 Å². The van der Waals surface area contributed by atoms with E-state index in [1.807, 2.05) is 6.07 Å². The quantitative estimate of drug-likeness (QED) is 0.741. The molecule has 0 spiro atoms. The zero-order chi connectivity index (χ0) is 10.4. The van der Waals surface area contributed by atoms with E-state index in [4.69, 9.17) is 16.7 Å². The number of phenols is 1. The number of carbonyl (C=O) groups excluding carboxylic acids is 1. The first-order chi connectivity index (χ1) is 6.72. The lowest BCUT2D eigenvalue weighted by molar-refractivity contribution is -0.118. The summed E-state index contributed by atoms with van der Waals surface area (Å²) >= 11 is 5.31. The molecule has 3 nitrogen and oxygen atoms in total. The first-order valence-corrected chi connectivity index (χ1v) is 4.86. The zero-order valence-electron chi connectivity index (χ0n) is 7.66. The van der Waals surface area contributed by atoms with Crippen LogP contribution in [0.4, 0.5) is 0 Å². The van der Waals surface area contributed by atoms with E-state index in [2.05, 4.69) is 5.32 Å². The summed E-state index contributed by atoms with van der Waals surface area (Å²) in [5, 5.41) is 11.8. The van der Waals surface area contributed by atoms with Crippen molar-refractivity contribution in [2.24, 2.45) is 0 Å². The van der Waals surface area contributed by atoms with Gasteiger partial charge in [0.15, 0.2) is 0 Å². The van der Waals surface area contributed by atoms with Crippen molar-refractivity contribution in [2.45, 2.75) is 6.42 Å². The molecule has 1 amide bonds. The van der Waals surface area contributed by atoms with Crippen LogP contribution < -0.4 is 5.32 Å². The fourth-order valence-corrected chi connectivity index (χ4v) is 1.20. The molecule has 0 aliphatic rings. The molecular weight excluding hydrogens is 202 g/mol. The fourth-order valence-electron chi connectivity index (χ4n) is 1.11. The number of phenolic OH excluding ortho intramolecular Hbond substituents is 1. The lowest BCUT2D eigenvalue weighted by Crippen LogP contribution is -2.26. The van der Waals surface area contributed by atoms with E-state index in [9.17, 15) is 4.79 Å². The Kier molecular flexibility index (Phi) is 4.26. The highest BCUT2D eigenvalue weighted by molar-refractivity contribution is 6.27. The summed E-state index contributed by atoms with van der Waals surface area (Å²) in [4.78, 5) is 10.8. The second-order valence-corrected chi connectivity index (χ2v) is 3.17. The largest absolute Gasteiger partial charge is 0.508 e. The molecule has 0 aliphatic carbocycles. The first-order valence-electron chi connectivity index (χ1n) is 4.33. The number of amides is 1. The van der Waals surface area contributed by atoms with Crippen molar-refractivity contribution >= 4 is 17.5 Å². The fraction of sp³-hybridized carbons (Fsp3) is 0.300. The van der Waals surface area contributed by atoms with Crippen molar-refractivity contribution in [3.8, 4) is 5.75 Å². The van der Waals surface area contributed by atoms with E-state index < -0.39 is 0 Å². The van der Waals surface area contributed by atoms with Crippen LogP contribution in [0.3, 0.4) is 0 Å². The Balaban J connectivity index is 2.35. The topological polar surface area (TPSA) is 49.3 Å². The van der Waals surface area contributed by atoms with Gasteiger partial charge in [-0.25, -0.2) is 0 Å². The monoisotopic (exact) mass is 213 g/mol. The molecule has 0 saturated heterocycles. The molecule has 4 heteroatoms. The van der Waals surface area contributed by atoms with Gasteiger partial charge in [0.25, 0.3) is 0 Å². The second kappa shape index (κ2) is 5.50. The molecule has 1 aromatic carbocycles. The van der Waals surface area contributed by atoms with Crippen molar-refractivity contribution in [3.05, 3.63) is 29.8 Å². The highest BCUT2D eigenvalue weighted by Crippen LogP contribution is 2.10. The Morgan fingerprint density at radius 3 is 2.93 bits per heavy atom. The number of halogens is 1.